The molecule has 39 heavy (non-hydrogen) atoms. The lowest BCUT2D eigenvalue weighted by atomic mass is 10.2. The lowest BCUT2D eigenvalue weighted by Gasteiger charge is -2.12. The summed E-state index contributed by atoms with van der Waals surface area (Å²) in [5, 5.41) is 3.30. The number of hydrogen-bond acceptors (Lipinski definition) is 8. The zero-order valence-electron chi connectivity index (χ0n) is 21.7. The Kier molecular flexibility index (Phi) is 9.01. The number of rotatable bonds is 9. The summed E-state index contributed by atoms with van der Waals surface area (Å²) in [4.78, 5) is 43.7. The van der Waals surface area contributed by atoms with E-state index in [1.54, 1.807) is 65.6 Å². The molecule has 1 saturated heterocycles. The molecule has 1 heterocycles. The SMILES string of the molecule is CCN1C(=O)C(=Cc2ccc(OCC(=O)Nc3ccccc3)c(OC)c2)SC1=Nc1ccc(C(=O)OC)cc1. The van der Waals surface area contributed by atoms with Crippen LogP contribution in [0.3, 0.4) is 0 Å². The van der Waals surface area contributed by atoms with Crippen molar-refractivity contribution >= 4 is 52.2 Å². The number of methoxy groups -OCH3 is 2. The van der Waals surface area contributed by atoms with Gasteiger partial charge in [0.05, 0.1) is 30.4 Å². The minimum Gasteiger partial charge on any atom is -0.493 e. The molecule has 3 aromatic rings. The van der Waals surface area contributed by atoms with Crippen LogP contribution in [0.1, 0.15) is 22.8 Å². The molecule has 0 aromatic heterocycles. The maximum atomic E-state index is 13.1. The van der Waals surface area contributed by atoms with E-state index in [1.165, 1.54) is 26.0 Å². The number of amidine groups is 1. The lowest BCUT2D eigenvalue weighted by Crippen LogP contribution is -2.28. The van der Waals surface area contributed by atoms with Crippen LogP contribution in [0.15, 0.2) is 82.7 Å². The van der Waals surface area contributed by atoms with Crippen LogP contribution >= 0.6 is 11.8 Å². The molecule has 200 valence electrons. The van der Waals surface area contributed by atoms with Crippen molar-refractivity contribution in [3.63, 3.8) is 0 Å². The van der Waals surface area contributed by atoms with Gasteiger partial charge < -0.3 is 19.5 Å². The second kappa shape index (κ2) is 12.8. The fraction of sp³-hybridized carbons (Fsp3) is 0.172. The standard InChI is InChI=1S/C29H27N3O6S/c1-4-32-27(34)25(39-29(32)31-22-13-11-20(12-14-22)28(35)37-3)17-19-10-15-23(24(16-19)36-2)38-18-26(33)30-21-8-6-5-7-9-21/h5-17H,4,18H2,1-3H3,(H,30,33). The van der Waals surface area contributed by atoms with Crippen molar-refractivity contribution in [3.8, 4) is 11.5 Å². The van der Waals surface area contributed by atoms with Gasteiger partial charge in [-0.15, -0.1) is 0 Å². The van der Waals surface area contributed by atoms with Gasteiger partial charge in [-0.2, -0.15) is 0 Å². The molecule has 1 aliphatic heterocycles. The van der Waals surface area contributed by atoms with Crippen LogP contribution in [-0.4, -0.2) is 55.2 Å². The molecule has 0 spiro atoms. The van der Waals surface area contributed by atoms with Gasteiger partial charge in [-0.3, -0.25) is 14.5 Å². The van der Waals surface area contributed by atoms with Gasteiger partial charge in [0.15, 0.2) is 23.3 Å². The number of carbonyl (C=O) groups is 3. The number of thioether (sulfide) groups is 1. The summed E-state index contributed by atoms with van der Waals surface area (Å²) in [6, 6.07) is 21.0. The van der Waals surface area contributed by atoms with E-state index < -0.39 is 5.97 Å². The summed E-state index contributed by atoms with van der Waals surface area (Å²) >= 11 is 1.26. The third-order valence-electron chi connectivity index (χ3n) is 5.62. The number of ether oxygens (including phenoxy) is 3. The maximum absolute atomic E-state index is 13.1. The Morgan fingerprint density at radius 2 is 1.74 bits per heavy atom. The topological polar surface area (TPSA) is 107 Å². The molecule has 1 aliphatic rings. The predicted molar refractivity (Wildman–Crippen MR) is 151 cm³/mol. The van der Waals surface area contributed by atoms with Gasteiger partial charge in [0.1, 0.15) is 0 Å². The number of carbonyl (C=O) groups excluding carboxylic acids is 3. The third kappa shape index (κ3) is 6.85. The first-order valence-electron chi connectivity index (χ1n) is 12.1. The fourth-order valence-electron chi connectivity index (χ4n) is 3.68. The van der Waals surface area contributed by atoms with E-state index in [0.717, 1.165) is 5.56 Å². The molecular weight excluding hydrogens is 518 g/mol. The van der Waals surface area contributed by atoms with Crippen molar-refractivity contribution in [2.45, 2.75) is 6.92 Å². The van der Waals surface area contributed by atoms with Crippen molar-refractivity contribution in [2.75, 3.05) is 32.7 Å². The summed E-state index contributed by atoms with van der Waals surface area (Å²) in [7, 11) is 2.83. The van der Waals surface area contributed by atoms with Crippen LogP contribution in [0.2, 0.25) is 0 Å². The van der Waals surface area contributed by atoms with Gasteiger partial charge in [0, 0.05) is 12.2 Å². The average molecular weight is 546 g/mol. The molecule has 9 nitrogen and oxygen atoms in total. The molecule has 0 unspecified atom stereocenters. The summed E-state index contributed by atoms with van der Waals surface area (Å²) in [5.41, 5.74) is 2.43. The van der Waals surface area contributed by atoms with Crippen molar-refractivity contribution in [1.82, 2.24) is 4.90 Å². The molecule has 10 heteroatoms. The number of amides is 2. The number of anilines is 1. The largest absolute Gasteiger partial charge is 0.493 e. The van der Waals surface area contributed by atoms with E-state index >= 15 is 0 Å². The van der Waals surface area contributed by atoms with Gasteiger partial charge in [0.2, 0.25) is 0 Å². The van der Waals surface area contributed by atoms with Gasteiger partial charge in [-0.05, 0) is 78.9 Å². The molecule has 1 N–H and O–H groups in total. The Morgan fingerprint density at radius 3 is 2.41 bits per heavy atom. The molecule has 3 aromatic carbocycles. The molecule has 0 radical (unpaired) electrons. The molecule has 0 atom stereocenters. The zero-order valence-corrected chi connectivity index (χ0v) is 22.5. The molecular formula is C29H27N3O6S. The van der Waals surface area contributed by atoms with E-state index in [2.05, 4.69) is 10.3 Å². The summed E-state index contributed by atoms with van der Waals surface area (Å²) < 4.78 is 15.9. The van der Waals surface area contributed by atoms with E-state index in [4.69, 9.17) is 14.2 Å². The number of benzene rings is 3. The molecule has 2 amide bonds. The molecule has 4 rings (SSSR count). The number of hydrogen-bond donors (Lipinski definition) is 1. The first-order valence-corrected chi connectivity index (χ1v) is 12.9. The van der Waals surface area contributed by atoms with Crippen LogP contribution in [0, 0.1) is 0 Å². The first-order chi connectivity index (χ1) is 18.9. The van der Waals surface area contributed by atoms with Gasteiger partial charge >= 0.3 is 5.97 Å². The Balaban J connectivity index is 1.47. The lowest BCUT2D eigenvalue weighted by molar-refractivity contribution is -0.122. The average Bonchev–Trinajstić information content (AvgIpc) is 3.25. The second-order valence-corrected chi connectivity index (χ2v) is 9.22. The fourth-order valence-corrected chi connectivity index (χ4v) is 4.74. The first kappa shape index (κ1) is 27.5. The Labute approximate surface area is 230 Å². The van der Waals surface area contributed by atoms with Gasteiger partial charge in [0.25, 0.3) is 11.8 Å². The molecule has 1 fully saturated rings. The monoisotopic (exact) mass is 545 g/mol. The molecule has 0 aliphatic carbocycles. The van der Waals surface area contributed by atoms with Crippen LogP contribution < -0.4 is 14.8 Å². The van der Waals surface area contributed by atoms with E-state index in [0.29, 0.717) is 45.1 Å². The van der Waals surface area contributed by atoms with Crippen molar-refractivity contribution in [3.05, 3.63) is 88.8 Å². The Morgan fingerprint density at radius 1 is 1.00 bits per heavy atom. The van der Waals surface area contributed by atoms with Crippen molar-refractivity contribution in [1.29, 1.82) is 0 Å². The number of nitrogens with zero attached hydrogens (tertiary/aromatic N) is 2. The normalized spacial score (nSPS) is 14.9. The third-order valence-corrected chi connectivity index (χ3v) is 6.63. The van der Waals surface area contributed by atoms with Gasteiger partial charge in [-0.25, -0.2) is 9.79 Å². The maximum Gasteiger partial charge on any atom is 0.337 e. The van der Waals surface area contributed by atoms with Gasteiger partial charge in [-0.1, -0.05) is 24.3 Å². The van der Waals surface area contributed by atoms with E-state index in [1.807, 2.05) is 25.1 Å². The number of nitrogens with one attached hydrogen (secondary N) is 1. The highest BCUT2D eigenvalue weighted by Gasteiger charge is 2.32. The number of likely N-dealkylation sites (N-methyl/N-ethyl adjacent to an activating group) is 1. The highest BCUT2D eigenvalue weighted by molar-refractivity contribution is 8.18. The summed E-state index contributed by atoms with van der Waals surface area (Å²) in [5.74, 6) is -0.0548. The highest BCUT2D eigenvalue weighted by atomic mass is 32.2. The van der Waals surface area contributed by atoms with Crippen LogP contribution in [-0.2, 0) is 14.3 Å². The smallest absolute Gasteiger partial charge is 0.337 e. The van der Waals surface area contributed by atoms with E-state index in [9.17, 15) is 14.4 Å². The Hall–Kier alpha value is -4.57. The van der Waals surface area contributed by atoms with Crippen LogP contribution in [0.25, 0.3) is 6.08 Å². The molecule has 0 saturated carbocycles. The van der Waals surface area contributed by atoms with Crippen LogP contribution in [0.5, 0.6) is 11.5 Å². The van der Waals surface area contributed by atoms with E-state index in [-0.39, 0.29) is 18.4 Å². The predicted octanol–water partition coefficient (Wildman–Crippen LogP) is 5.12. The highest BCUT2D eigenvalue weighted by Crippen LogP contribution is 2.36. The second-order valence-electron chi connectivity index (χ2n) is 8.21. The summed E-state index contributed by atoms with van der Waals surface area (Å²) in [6.45, 7) is 2.13. The number of esters is 1. The van der Waals surface area contributed by atoms with Crippen molar-refractivity contribution in [2.24, 2.45) is 4.99 Å². The number of aliphatic imine (C=N–C) groups is 1. The molecule has 0 bridgehead atoms. The quantitative estimate of drug-likeness (QED) is 0.294. The zero-order chi connectivity index (χ0) is 27.8. The van der Waals surface area contributed by atoms with Crippen molar-refractivity contribution < 1.29 is 28.6 Å². The minimum atomic E-state index is -0.428. The number of para-hydroxylation sites is 1. The Bertz CT molecular complexity index is 1420. The van der Waals surface area contributed by atoms with Crippen LogP contribution in [0.4, 0.5) is 11.4 Å². The minimum absolute atomic E-state index is 0.163. The summed E-state index contributed by atoms with van der Waals surface area (Å²) in [6.07, 6.45) is 1.76.